The van der Waals surface area contributed by atoms with Crippen molar-refractivity contribution in [1.82, 2.24) is 10.2 Å². The third-order valence-corrected chi connectivity index (χ3v) is 6.25. The number of amides is 2. The fraction of sp³-hybridized carbons (Fsp3) is 0.875. The van der Waals surface area contributed by atoms with Crippen LogP contribution in [0.1, 0.15) is 45.4 Å². The maximum Gasteiger partial charge on any atom is 0.242 e. The van der Waals surface area contributed by atoms with Gasteiger partial charge in [-0.2, -0.15) is 0 Å². The van der Waals surface area contributed by atoms with Gasteiger partial charge in [0.1, 0.15) is 6.04 Å². The van der Waals surface area contributed by atoms with E-state index in [4.69, 9.17) is 0 Å². The normalized spacial score (nSPS) is 46.5. The molecule has 4 bridgehead atoms. The van der Waals surface area contributed by atoms with Crippen LogP contribution >= 0.6 is 0 Å². The molecule has 0 spiro atoms. The van der Waals surface area contributed by atoms with E-state index < -0.39 is 0 Å². The second kappa shape index (κ2) is 4.22. The van der Waals surface area contributed by atoms with E-state index in [-0.39, 0.29) is 17.4 Å². The molecular formula is C16H24N2O2. The lowest BCUT2D eigenvalue weighted by atomic mass is 9.49. The topological polar surface area (TPSA) is 49.4 Å². The van der Waals surface area contributed by atoms with Crippen molar-refractivity contribution >= 4 is 11.8 Å². The molecule has 5 fully saturated rings. The number of rotatable bonds is 1. The minimum absolute atomic E-state index is 0.00864. The zero-order valence-electron chi connectivity index (χ0n) is 12.2. The lowest BCUT2D eigenvalue weighted by molar-refractivity contribution is -0.163. The van der Waals surface area contributed by atoms with Gasteiger partial charge in [0, 0.05) is 13.1 Å². The molecule has 20 heavy (non-hydrogen) atoms. The van der Waals surface area contributed by atoms with Gasteiger partial charge in [0.25, 0.3) is 0 Å². The van der Waals surface area contributed by atoms with Crippen molar-refractivity contribution in [2.45, 2.75) is 51.5 Å². The van der Waals surface area contributed by atoms with E-state index >= 15 is 0 Å². The molecule has 1 saturated heterocycles. The Morgan fingerprint density at radius 2 is 1.70 bits per heavy atom. The quantitative estimate of drug-likeness (QED) is 0.790. The van der Waals surface area contributed by atoms with Crippen LogP contribution in [-0.2, 0) is 9.59 Å². The molecule has 1 heterocycles. The molecule has 4 saturated carbocycles. The van der Waals surface area contributed by atoms with E-state index in [1.807, 2.05) is 11.8 Å². The van der Waals surface area contributed by atoms with Crippen LogP contribution in [0.5, 0.6) is 0 Å². The van der Waals surface area contributed by atoms with Crippen LogP contribution in [0.3, 0.4) is 0 Å². The summed E-state index contributed by atoms with van der Waals surface area (Å²) in [5.74, 6) is 2.63. The Hall–Kier alpha value is -1.06. The first-order chi connectivity index (χ1) is 9.57. The third-order valence-electron chi connectivity index (χ3n) is 6.25. The van der Waals surface area contributed by atoms with Crippen LogP contribution in [0.2, 0.25) is 0 Å². The van der Waals surface area contributed by atoms with Crippen LogP contribution in [-0.4, -0.2) is 35.8 Å². The van der Waals surface area contributed by atoms with E-state index in [9.17, 15) is 9.59 Å². The SMILES string of the molecule is CC1C(=O)NCCN1C(=O)C12CC3CC(CC(C3)C1)C2. The average molecular weight is 276 g/mol. The molecule has 5 rings (SSSR count). The van der Waals surface area contributed by atoms with Crippen molar-refractivity contribution in [3.8, 4) is 0 Å². The van der Waals surface area contributed by atoms with Gasteiger partial charge < -0.3 is 10.2 Å². The molecular weight excluding hydrogens is 252 g/mol. The maximum absolute atomic E-state index is 13.2. The van der Waals surface area contributed by atoms with Crippen molar-refractivity contribution < 1.29 is 9.59 Å². The van der Waals surface area contributed by atoms with E-state index in [1.165, 1.54) is 19.3 Å². The lowest BCUT2D eigenvalue weighted by Crippen LogP contribution is -2.62. The predicted octanol–water partition coefficient (Wildman–Crippen LogP) is 1.55. The maximum atomic E-state index is 13.2. The molecule has 1 atom stereocenters. The first-order valence-corrected chi connectivity index (χ1v) is 8.16. The number of nitrogens with one attached hydrogen (secondary N) is 1. The monoisotopic (exact) mass is 276 g/mol. The zero-order chi connectivity index (χ0) is 13.9. The second-order valence-corrected chi connectivity index (χ2v) is 7.66. The summed E-state index contributed by atoms with van der Waals surface area (Å²) in [6, 6.07) is -0.288. The Bertz CT molecular complexity index is 424. The molecule has 110 valence electrons. The Kier molecular flexibility index (Phi) is 2.67. The van der Waals surface area contributed by atoms with E-state index in [2.05, 4.69) is 5.32 Å². The van der Waals surface area contributed by atoms with Gasteiger partial charge >= 0.3 is 0 Å². The van der Waals surface area contributed by atoms with Crippen LogP contribution in [0, 0.1) is 23.2 Å². The van der Waals surface area contributed by atoms with Gasteiger partial charge in [0.2, 0.25) is 11.8 Å². The average Bonchev–Trinajstić information content (AvgIpc) is 2.39. The van der Waals surface area contributed by atoms with Gasteiger partial charge in [0.05, 0.1) is 5.41 Å². The van der Waals surface area contributed by atoms with Crippen molar-refractivity contribution in [3.63, 3.8) is 0 Å². The van der Waals surface area contributed by atoms with Crippen LogP contribution in [0.4, 0.5) is 0 Å². The Morgan fingerprint density at radius 1 is 1.15 bits per heavy atom. The zero-order valence-corrected chi connectivity index (χ0v) is 12.2. The Balaban J connectivity index is 1.60. The molecule has 5 aliphatic rings. The van der Waals surface area contributed by atoms with Crippen molar-refractivity contribution in [3.05, 3.63) is 0 Å². The largest absolute Gasteiger partial charge is 0.353 e. The minimum atomic E-state index is -0.288. The molecule has 1 N–H and O–H groups in total. The smallest absolute Gasteiger partial charge is 0.242 e. The van der Waals surface area contributed by atoms with Gasteiger partial charge in [-0.15, -0.1) is 0 Å². The summed E-state index contributed by atoms with van der Waals surface area (Å²) in [7, 11) is 0. The summed E-state index contributed by atoms with van der Waals surface area (Å²) in [5.41, 5.74) is -0.110. The summed E-state index contributed by atoms with van der Waals surface area (Å²) in [6.45, 7) is 3.17. The number of hydrogen-bond donors (Lipinski definition) is 1. The van der Waals surface area contributed by atoms with E-state index in [1.54, 1.807) is 0 Å². The molecule has 0 aromatic heterocycles. The fourth-order valence-corrected chi connectivity index (χ4v) is 5.74. The Labute approximate surface area is 120 Å². The highest BCUT2D eigenvalue weighted by molar-refractivity contribution is 5.91. The van der Waals surface area contributed by atoms with Crippen LogP contribution in [0.25, 0.3) is 0 Å². The summed E-state index contributed by atoms with van der Waals surface area (Å²) in [5, 5.41) is 2.86. The number of hydrogen-bond acceptors (Lipinski definition) is 2. The van der Waals surface area contributed by atoms with Crippen LogP contribution < -0.4 is 5.32 Å². The molecule has 0 radical (unpaired) electrons. The third kappa shape index (κ3) is 1.73. The molecule has 4 heteroatoms. The Morgan fingerprint density at radius 3 is 2.25 bits per heavy atom. The highest BCUT2D eigenvalue weighted by Crippen LogP contribution is 2.60. The van der Waals surface area contributed by atoms with Gasteiger partial charge in [-0.1, -0.05) is 0 Å². The summed E-state index contributed by atoms with van der Waals surface area (Å²) in [4.78, 5) is 26.9. The number of nitrogens with zero attached hydrogens (tertiary/aromatic N) is 1. The van der Waals surface area contributed by atoms with Crippen LogP contribution in [0.15, 0.2) is 0 Å². The molecule has 2 amide bonds. The number of piperazine rings is 1. The second-order valence-electron chi connectivity index (χ2n) is 7.66. The molecule has 4 nitrogen and oxygen atoms in total. The summed E-state index contributed by atoms with van der Waals surface area (Å²) >= 11 is 0. The van der Waals surface area contributed by atoms with E-state index in [0.717, 1.165) is 37.0 Å². The lowest BCUT2D eigenvalue weighted by Gasteiger charge is -2.57. The molecule has 4 aliphatic carbocycles. The minimum Gasteiger partial charge on any atom is -0.353 e. The highest BCUT2D eigenvalue weighted by atomic mass is 16.2. The first-order valence-electron chi connectivity index (χ1n) is 8.16. The van der Waals surface area contributed by atoms with Gasteiger partial charge in [-0.25, -0.2) is 0 Å². The van der Waals surface area contributed by atoms with Crippen molar-refractivity contribution in [1.29, 1.82) is 0 Å². The molecule has 1 aliphatic heterocycles. The number of carbonyl (C=O) groups excluding carboxylic acids is 2. The fourth-order valence-electron chi connectivity index (χ4n) is 5.74. The number of carbonyl (C=O) groups is 2. The van der Waals surface area contributed by atoms with Crippen molar-refractivity contribution in [2.24, 2.45) is 23.2 Å². The summed E-state index contributed by atoms with van der Waals surface area (Å²) < 4.78 is 0. The standard InChI is InChI=1S/C16H24N2O2/c1-10-14(19)17-2-3-18(10)15(20)16-7-11-4-12(8-16)6-13(5-11)9-16/h10-13H,2-9H2,1H3,(H,17,19). The van der Waals surface area contributed by atoms with Gasteiger partial charge in [0.15, 0.2) is 0 Å². The van der Waals surface area contributed by atoms with Crippen molar-refractivity contribution in [2.75, 3.05) is 13.1 Å². The molecule has 0 aromatic rings. The van der Waals surface area contributed by atoms with Gasteiger partial charge in [-0.05, 0) is 63.2 Å². The molecule has 1 unspecified atom stereocenters. The first kappa shape index (κ1) is 12.7. The van der Waals surface area contributed by atoms with E-state index in [0.29, 0.717) is 19.0 Å². The molecule has 0 aromatic carbocycles. The predicted molar refractivity (Wildman–Crippen MR) is 74.8 cm³/mol. The highest BCUT2D eigenvalue weighted by Gasteiger charge is 2.56. The summed E-state index contributed by atoms with van der Waals surface area (Å²) in [6.07, 6.45) is 7.31. The van der Waals surface area contributed by atoms with Gasteiger partial charge in [-0.3, -0.25) is 9.59 Å².